The zero-order valence-electron chi connectivity index (χ0n) is 8.94. The topological polar surface area (TPSA) is 18.5 Å². The van der Waals surface area contributed by atoms with Gasteiger partial charge in [0.1, 0.15) is 5.41 Å². The Morgan fingerprint density at radius 3 is 1.50 bits per heavy atom. The van der Waals surface area contributed by atoms with Gasteiger partial charge in [-0.15, -0.1) is 0 Å². The van der Waals surface area contributed by atoms with E-state index in [9.17, 15) is 13.2 Å². The van der Waals surface area contributed by atoms with Crippen molar-refractivity contribution < 1.29 is 22.6 Å². The van der Waals surface area contributed by atoms with E-state index in [1.165, 1.54) is 28.1 Å². The highest BCUT2D eigenvalue weighted by atomic mass is 19.4. The third-order valence-corrected chi connectivity index (χ3v) is 2.47. The molecule has 0 spiro atoms. The predicted molar refractivity (Wildman–Crippen MR) is 47.1 cm³/mol. The van der Waals surface area contributed by atoms with E-state index < -0.39 is 17.5 Å². The van der Waals surface area contributed by atoms with Crippen molar-refractivity contribution in [1.29, 1.82) is 0 Å². The molecule has 0 saturated heterocycles. The second-order valence-electron chi connectivity index (χ2n) is 3.67. The van der Waals surface area contributed by atoms with Crippen molar-refractivity contribution in [3.05, 3.63) is 0 Å². The van der Waals surface area contributed by atoms with Crippen LogP contribution in [0.15, 0.2) is 0 Å². The molecule has 0 aromatic carbocycles. The van der Waals surface area contributed by atoms with Gasteiger partial charge in [-0.05, 0) is 5.92 Å². The van der Waals surface area contributed by atoms with Crippen LogP contribution >= 0.6 is 0 Å². The van der Waals surface area contributed by atoms with Gasteiger partial charge in [-0.25, -0.2) is 0 Å². The van der Waals surface area contributed by atoms with Gasteiger partial charge in [-0.1, -0.05) is 13.8 Å². The molecule has 0 amide bonds. The molecule has 0 atom stereocenters. The standard InChI is InChI=1S/C9H17F3O2/c1-7(2)8(5-13-3,6-14-4)9(10,11)12/h7H,5-6H2,1-4H3. The predicted octanol–water partition coefficient (Wildman–Crippen LogP) is 2.48. The van der Waals surface area contributed by atoms with E-state index >= 15 is 0 Å². The minimum atomic E-state index is -4.31. The third kappa shape index (κ3) is 2.60. The van der Waals surface area contributed by atoms with Gasteiger partial charge in [-0.2, -0.15) is 13.2 Å². The van der Waals surface area contributed by atoms with Gasteiger partial charge < -0.3 is 9.47 Å². The van der Waals surface area contributed by atoms with Crippen LogP contribution in [0.4, 0.5) is 13.2 Å². The van der Waals surface area contributed by atoms with Gasteiger partial charge in [0.15, 0.2) is 0 Å². The number of halogens is 3. The van der Waals surface area contributed by atoms with Crippen LogP contribution in [0, 0.1) is 11.3 Å². The maximum atomic E-state index is 12.8. The first-order valence-corrected chi connectivity index (χ1v) is 4.36. The number of methoxy groups -OCH3 is 2. The molecular formula is C9H17F3O2. The molecule has 0 N–H and O–H groups in total. The maximum Gasteiger partial charge on any atom is 0.399 e. The van der Waals surface area contributed by atoms with Crippen molar-refractivity contribution in [3.63, 3.8) is 0 Å². The summed E-state index contributed by atoms with van der Waals surface area (Å²) in [6, 6.07) is 0. The van der Waals surface area contributed by atoms with Crippen molar-refractivity contribution in [2.45, 2.75) is 20.0 Å². The van der Waals surface area contributed by atoms with Gasteiger partial charge >= 0.3 is 6.18 Å². The first kappa shape index (κ1) is 13.7. The van der Waals surface area contributed by atoms with Crippen molar-refractivity contribution in [1.82, 2.24) is 0 Å². The number of hydrogen-bond donors (Lipinski definition) is 0. The Morgan fingerprint density at radius 2 is 1.36 bits per heavy atom. The molecule has 86 valence electrons. The summed E-state index contributed by atoms with van der Waals surface area (Å²) in [4.78, 5) is 0. The molecular weight excluding hydrogens is 197 g/mol. The number of hydrogen-bond acceptors (Lipinski definition) is 2. The fraction of sp³-hybridized carbons (Fsp3) is 1.00. The number of rotatable bonds is 5. The van der Waals surface area contributed by atoms with Crippen molar-refractivity contribution in [2.24, 2.45) is 11.3 Å². The van der Waals surface area contributed by atoms with E-state index in [4.69, 9.17) is 0 Å². The SMILES string of the molecule is COCC(COC)(C(C)C)C(F)(F)F. The Morgan fingerprint density at radius 1 is 1.00 bits per heavy atom. The van der Waals surface area contributed by atoms with E-state index in [-0.39, 0.29) is 13.2 Å². The Labute approximate surface area is 82.4 Å². The summed E-state index contributed by atoms with van der Waals surface area (Å²) in [7, 11) is 2.52. The van der Waals surface area contributed by atoms with Crippen LogP contribution in [0.3, 0.4) is 0 Å². The summed E-state index contributed by atoms with van der Waals surface area (Å²) in [6.45, 7) is 2.29. The molecule has 0 aliphatic heterocycles. The molecule has 0 saturated carbocycles. The lowest BCUT2D eigenvalue weighted by atomic mass is 9.78. The molecule has 0 aromatic heterocycles. The molecule has 0 unspecified atom stereocenters. The van der Waals surface area contributed by atoms with Crippen LogP contribution in [0.25, 0.3) is 0 Å². The van der Waals surface area contributed by atoms with Crippen molar-refractivity contribution >= 4 is 0 Å². The van der Waals surface area contributed by atoms with E-state index in [2.05, 4.69) is 9.47 Å². The molecule has 0 bridgehead atoms. The molecule has 0 aliphatic carbocycles. The minimum Gasteiger partial charge on any atom is -0.384 e. The summed E-state index contributed by atoms with van der Waals surface area (Å²) in [5.74, 6) is -0.581. The summed E-state index contributed by atoms with van der Waals surface area (Å²) < 4.78 is 47.8. The quantitative estimate of drug-likeness (QED) is 0.700. The molecule has 0 radical (unpaired) electrons. The summed E-state index contributed by atoms with van der Waals surface area (Å²) in [6.07, 6.45) is -4.31. The Bertz CT molecular complexity index is 160. The average Bonchev–Trinajstić information content (AvgIpc) is 2.01. The zero-order valence-corrected chi connectivity index (χ0v) is 8.94. The lowest BCUT2D eigenvalue weighted by Crippen LogP contribution is -2.49. The first-order chi connectivity index (χ1) is 6.31. The third-order valence-electron chi connectivity index (χ3n) is 2.47. The molecule has 14 heavy (non-hydrogen) atoms. The van der Waals surface area contributed by atoms with Crippen LogP contribution in [0.5, 0.6) is 0 Å². The van der Waals surface area contributed by atoms with E-state index in [0.29, 0.717) is 0 Å². The fourth-order valence-electron chi connectivity index (χ4n) is 1.38. The van der Waals surface area contributed by atoms with Gasteiger partial charge in [0, 0.05) is 14.2 Å². The van der Waals surface area contributed by atoms with Gasteiger partial charge in [-0.3, -0.25) is 0 Å². The Hall–Kier alpha value is -0.290. The average molecular weight is 214 g/mol. The van der Waals surface area contributed by atoms with Crippen LogP contribution < -0.4 is 0 Å². The lowest BCUT2D eigenvalue weighted by molar-refractivity contribution is -0.267. The van der Waals surface area contributed by atoms with Crippen LogP contribution in [0.2, 0.25) is 0 Å². The molecule has 0 rings (SSSR count). The molecule has 0 fully saturated rings. The Kier molecular flexibility index (Phi) is 4.88. The maximum absolute atomic E-state index is 12.8. The molecule has 2 nitrogen and oxygen atoms in total. The fourth-order valence-corrected chi connectivity index (χ4v) is 1.38. The number of alkyl halides is 3. The highest BCUT2D eigenvalue weighted by Crippen LogP contribution is 2.44. The second-order valence-corrected chi connectivity index (χ2v) is 3.67. The van der Waals surface area contributed by atoms with E-state index in [0.717, 1.165) is 0 Å². The lowest BCUT2D eigenvalue weighted by Gasteiger charge is -2.37. The first-order valence-electron chi connectivity index (χ1n) is 4.36. The monoisotopic (exact) mass is 214 g/mol. The second kappa shape index (κ2) is 4.98. The Balaban J connectivity index is 4.94. The van der Waals surface area contributed by atoms with Gasteiger partial charge in [0.05, 0.1) is 13.2 Å². The van der Waals surface area contributed by atoms with E-state index in [1.54, 1.807) is 0 Å². The summed E-state index contributed by atoms with van der Waals surface area (Å²) in [5.41, 5.74) is -1.91. The minimum absolute atomic E-state index is 0.373. The van der Waals surface area contributed by atoms with E-state index in [1.807, 2.05) is 0 Å². The normalized spacial score (nSPS) is 13.7. The highest BCUT2D eigenvalue weighted by molar-refractivity contribution is 4.89. The molecule has 0 heterocycles. The number of ether oxygens (including phenoxy) is 2. The van der Waals surface area contributed by atoms with Crippen LogP contribution in [0.1, 0.15) is 13.8 Å². The summed E-state index contributed by atoms with van der Waals surface area (Å²) >= 11 is 0. The molecule has 0 aromatic rings. The van der Waals surface area contributed by atoms with Crippen LogP contribution in [-0.4, -0.2) is 33.6 Å². The molecule has 5 heteroatoms. The summed E-state index contributed by atoms with van der Waals surface area (Å²) in [5, 5.41) is 0. The smallest absolute Gasteiger partial charge is 0.384 e. The van der Waals surface area contributed by atoms with Gasteiger partial charge in [0.2, 0.25) is 0 Å². The highest BCUT2D eigenvalue weighted by Gasteiger charge is 2.56. The van der Waals surface area contributed by atoms with Crippen molar-refractivity contribution in [2.75, 3.05) is 27.4 Å². The van der Waals surface area contributed by atoms with Gasteiger partial charge in [0.25, 0.3) is 0 Å². The zero-order chi connectivity index (χ0) is 11.4. The largest absolute Gasteiger partial charge is 0.399 e. The van der Waals surface area contributed by atoms with Crippen LogP contribution in [-0.2, 0) is 9.47 Å². The van der Waals surface area contributed by atoms with Crippen molar-refractivity contribution in [3.8, 4) is 0 Å². The molecule has 0 aliphatic rings.